The summed E-state index contributed by atoms with van der Waals surface area (Å²) < 4.78 is 0. The van der Waals surface area contributed by atoms with Crippen LogP contribution in [0, 0.1) is 6.92 Å². The lowest BCUT2D eigenvalue weighted by molar-refractivity contribution is 1.05. The number of hydrogen-bond donors (Lipinski definition) is 1. The molecular formula is C14H16ClN3S. The summed E-state index contributed by atoms with van der Waals surface area (Å²) in [5, 5.41) is 4.33. The average Bonchev–Trinajstić information content (AvgIpc) is 2.35. The summed E-state index contributed by atoms with van der Waals surface area (Å²) in [6.07, 6.45) is 1.62. The van der Waals surface area contributed by atoms with Crippen molar-refractivity contribution in [1.29, 1.82) is 0 Å². The number of nitrogens with zero attached hydrogens (tertiary/aromatic N) is 2. The monoisotopic (exact) mass is 293 g/mol. The molecule has 2 aromatic rings. The van der Waals surface area contributed by atoms with Gasteiger partial charge in [0.05, 0.1) is 11.9 Å². The number of para-hydroxylation sites is 1. The van der Waals surface area contributed by atoms with E-state index >= 15 is 0 Å². The van der Waals surface area contributed by atoms with Gasteiger partial charge in [-0.1, -0.05) is 37.6 Å². The van der Waals surface area contributed by atoms with Crippen LogP contribution in [-0.2, 0) is 0 Å². The Kier molecular flexibility index (Phi) is 4.66. The van der Waals surface area contributed by atoms with Crippen molar-refractivity contribution in [1.82, 2.24) is 9.97 Å². The number of hydrogen-bond acceptors (Lipinski definition) is 4. The Hall–Kier alpha value is -1.26. The fraction of sp³-hybridized carbons (Fsp3) is 0.286. The van der Waals surface area contributed by atoms with Crippen LogP contribution in [0.1, 0.15) is 19.7 Å². The molecule has 2 rings (SSSR count). The number of benzene rings is 1. The summed E-state index contributed by atoms with van der Waals surface area (Å²) in [5.41, 5.74) is 1.02. The minimum Gasteiger partial charge on any atom is -0.338 e. The van der Waals surface area contributed by atoms with Gasteiger partial charge in [0.25, 0.3) is 0 Å². The summed E-state index contributed by atoms with van der Waals surface area (Å²) in [6, 6.07) is 8.14. The highest BCUT2D eigenvalue weighted by atomic mass is 35.5. The number of nitrogens with one attached hydrogen (secondary N) is 1. The molecule has 1 heterocycles. The summed E-state index contributed by atoms with van der Waals surface area (Å²) in [6.45, 7) is 6.18. The van der Waals surface area contributed by atoms with E-state index in [1.54, 1.807) is 18.0 Å². The van der Waals surface area contributed by atoms with Gasteiger partial charge in [-0.3, -0.25) is 0 Å². The Balaban J connectivity index is 2.30. The highest BCUT2D eigenvalue weighted by Crippen LogP contribution is 2.33. The molecular weight excluding hydrogens is 278 g/mol. The van der Waals surface area contributed by atoms with E-state index in [4.69, 9.17) is 11.6 Å². The Morgan fingerprint density at radius 3 is 2.74 bits per heavy atom. The predicted octanol–water partition coefficient (Wildman–Crippen LogP) is 4.68. The lowest BCUT2D eigenvalue weighted by Crippen LogP contribution is -1.99. The van der Waals surface area contributed by atoms with E-state index in [0.29, 0.717) is 21.9 Å². The average molecular weight is 294 g/mol. The molecule has 3 nitrogen and oxygen atoms in total. The van der Waals surface area contributed by atoms with Crippen LogP contribution in [0.5, 0.6) is 0 Å². The molecule has 5 heteroatoms. The normalized spacial score (nSPS) is 10.8. The smallest absolute Gasteiger partial charge is 0.152 e. The molecule has 0 amide bonds. The predicted molar refractivity (Wildman–Crippen MR) is 82.5 cm³/mol. The highest BCUT2D eigenvalue weighted by molar-refractivity contribution is 8.00. The van der Waals surface area contributed by atoms with Gasteiger partial charge < -0.3 is 5.32 Å². The minimum atomic E-state index is 0.519. The van der Waals surface area contributed by atoms with Crippen molar-refractivity contribution in [2.45, 2.75) is 30.9 Å². The number of aryl methyl sites for hydroxylation is 1. The maximum absolute atomic E-state index is 6.11. The second-order valence-corrected chi connectivity index (χ2v) is 6.43. The minimum absolute atomic E-state index is 0.519. The third kappa shape index (κ3) is 3.85. The van der Waals surface area contributed by atoms with Gasteiger partial charge in [-0.15, -0.1) is 11.8 Å². The molecule has 1 aromatic heterocycles. The number of thioether (sulfide) groups is 1. The molecule has 0 radical (unpaired) electrons. The first kappa shape index (κ1) is 14.2. The molecule has 0 saturated heterocycles. The van der Waals surface area contributed by atoms with Crippen molar-refractivity contribution >= 4 is 34.9 Å². The summed E-state index contributed by atoms with van der Waals surface area (Å²) in [5.74, 6) is 1.34. The van der Waals surface area contributed by atoms with Gasteiger partial charge >= 0.3 is 0 Å². The second kappa shape index (κ2) is 6.26. The Morgan fingerprint density at radius 2 is 2.00 bits per heavy atom. The zero-order valence-corrected chi connectivity index (χ0v) is 12.7. The number of rotatable bonds is 4. The summed E-state index contributed by atoms with van der Waals surface area (Å²) in [4.78, 5) is 9.57. The summed E-state index contributed by atoms with van der Waals surface area (Å²) >= 11 is 7.92. The van der Waals surface area contributed by atoms with Gasteiger partial charge in [-0.25, -0.2) is 9.97 Å². The molecule has 0 atom stereocenters. The van der Waals surface area contributed by atoms with Gasteiger partial charge in [0.2, 0.25) is 0 Å². The molecule has 100 valence electrons. The standard InChI is InChI=1S/C14H16ClN3S/c1-9(2)19-13-7-5-4-6-12(13)18-14-11(15)8-16-10(3)17-14/h4-9H,1-3H3,(H,16,17,18). The lowest BCUT2D eigenvalue weighted by atomic mass is 10.3. The van der Waals surface area contributed by atoms with Crippen molar-refractivity contribution < 1.29 is 0 Å². The van der Waals surface area contributed by atoms with Crippen LogP contribution in [0.2, 0.25) is 5.02 Å². The maximum Gasteiger partial charge on any atom is 0.152 e. The van der Waals surface area contributed by atoms with E-state index in [1.165, 1.54) is 4.90 Å². The first-order chi connectivity index (χ1) is 9.06. The molecule has 1 N–H and O–H groups in total. The fourth-order valence-electron chi connectivity index (χ4n) is 1.60. The second-order valence-electron chi connectivity index (χ2n) is 4.40. The van der Waals surface area contributed by atoms with Crippen LogP contribution < -0.4 is 5.32 Å². The van der Waals surface area contributed by atoms with Crippen LogP contribution in [0.4, 0.5) is 11.5 Å². The molecule has 0 fully saturated rings. The Morgan fingerprint density at radius 1 is 1.26 bits per heavy atom. The van der Waals surface area contributed by atoms with Gasteiger partial charge in [-0.05, 0) is 19.1 Å². The fourth-order valence-corrected chi connectivity index (χ4v) is 2.65. The Labute approximate surface area is 122 Å². The Bertz CT molecular complexity index is 572. The number of aromatic nitrogens is 2. The number of anilines is 2. The molecule has 1 aromatic carbocycles. The first-order valence-corrected chi connectivity index (χ1v) is 7.34. The van der Waals surface area contributed by atoms with E-state index in [9.17, 15) is 0 Å². The van der Waals surface area contributed by atoms with Gasteiger partial charge in [0.1, 0.15) is 10.8 Å². The highest BCUT2D eigenvalue weighted by Gasteiger charge is 2.08. The van der Waals surface area contributed by atoms with Crippen molar-refractivity contribution in [3.63, 3.8) is 0 Å². The lowest BCUT2D eigenvalue weighted by Gasteiger charge is -2.13. The van der Waals surface area contributed by atoms with Crippen LogP contribution in [0.25, 0.3) is 0 Å². The first-order valence-electron chi connectivity index (χ1n) is 6.08. The van der Waals surface area contributed by atoms with E-state index < -0.39 is 0 Å². The van der Waals surface area contributed by atoms with Crippen LogP contribution in [0.3, 0.4) is 0 Å². The van der Waals surface area contributed by atoms with Gasteiger partial charge in [0, 0.05) is 10.1 Å². The van der Waals surface area contributed by atoms with Crippen molar-refractivity contribution in [2.24, 2.45) is 0 Å². The third-order valence-corrected chi connectivity index (χ3v) is 3.73. The van der Waals surface area contributed by atoms with Gasteiger partial charge in [0.15, 0.2) is 5.82 Å². The van der Waals surface area contributed by atoms with Crippen molar-refractivity contribution in [3.05, 3.63) is 41.3 Å². The van der Waals surface area contributed by atoms with Crippen LogP contribution in [-0.4, -0.2) is 15.2 Å². The molecule has 0 spiro atoms. The topological polar surface area (TPSA) is 37.8 Å². The molecule has 0 bridgehead atoms. The van der Waals surface area contributed by atoms with E-state index in [-0.39, 0.29) is 0 Å². The molecule has 0 saturated carbocycles. The third-order valence-electron chi connectivity index (χ3n) is 2.37. The molecule has 19 heavy (non-hydrogen) atoms. The van der Waals surface area contributed by atoms with Gasteiger partial charge in [-0.2, -0.15) is 0 Å². The SMILES string of the molecule is Cc1ncc(Cl)c(Nc2ccccc2SC(C)C)n1. The van der Waals surface area contributed by atoms with E-state index in [2.05, 4.69) is 35.2 Å². The zero-order chi connectivity index (χ0) is 13.8. The largest absolute Gasteiger partial charge is 0.338 e. The molecule has 0 unspecified atom stereocenters. The molecule has 0 aliphatic heterocycles. The van der Waals surface area contributed by atoms with Crippen LogP contribution in [0.15, 0.2) is 35.4 Å². The quantitative estimate of drug-likeness (QED) is 0.830. The molecule has 0 aliphatic rings. The van der Waals surface area contributed by atoms with Crippen molar-refractivity contribution in [2.75, 3.05) is 5.32 Å². The van der Waals surface area contributed by atoms with Crippen LogP contribution >= 0.6 is 23.4 Å². The summed E-state index contributed by atoms with van der Waals surface area (Å²) in [7, 11) is 0. The van der Waals surface area contributed by atoms with Crippen molar-refractivity contribution in [3.8, 4) is 0 Å². The van der Waals surface area contributed by atoms with E-state index in [0.717, 1.165) is 5.69 Å². The molecule has 0 aliphatic carbocycles. The number of halogens is 1. The maximum atomic E-state index is 6.11. The zero-order valence-electron chi connectivity index (χ0n) is 11.1. The van der Waals surface area contributed by atoms with E-state index in [1.807, 2.05) is 25.1 Å².